The minimum absolute atomic E-state index is 0.0653. The first kappa shape index (κ1) is 14.7. The summed E-state index contributed by atoms with van der Waals surface area (Å²) in [7, 11) is 0. The van der Waals surface area contributed by atoms with Crippen LogP contribution in [0.25, 0.3) is 11.4 Å². The quantitative estimate of drug-likeness (QED) is 0.677. The Hall–Kier alpha value is -1.71. The number of rotatable bonds is 4. The van der Waals surface area contributed by atoms with Gasteiger partial charge in [-0.25, -0.2) is 13.5 Å². The first-order valence-corrected chi connectivity index (χ1v) is 6.08. The molecule has 1 heterocycles. The van der Waals surface area contributed by atoms with Crippen molar-refractivity contribution in [2.75, 3.05) is 5.73 Å². The predicted octanol–water partition coefficient (Wildman–Crippen LogP) is 2.59. The van der Waals surface area contributed by atoms with Crippen molar-refractivity contribution < 1.29 is 17.6 Å². The van der Waals surface area contributed by atoms with Crippen LogP contribution in [0.2, 0.25) is 0 Å². The van der Waals surface area contributed by atoms with E-state index in [-0.39, 0.29) is 5.82 Å². The highest BCUT2D eigenvalue weighted by Crippen LogP contribution is 2.28. The molecule has 10 heteroatoms. The number of hydrogen-bond donors (Lipinski definition) is 1. The molecule has 0 aliphatic rings. The number of tetrazole rings is 1. The molecule has 1 aromatic carbocycles. The van der Waals surface area contributed by atoms with Crippen LogP contribution in [0.4, 0.5) is 23.2 Å². The Morgan fingerprint density at radius 3 is 2.65 bits per heavy atom. The van der Waals surface area contributed by atoms with Crippen LogP contribution in [0, 0.1) is 0 Å². The second-order valence-corrected chi connectivity index (χ2v) is 4.81. The number of benzene rings is 1. The van der Waals surface area contributed by atoms with Crippen LogP contribution in [0.1, 0.15) is 0 Å². The summed E-state index contributed by atoms with van der Waals surface area (Å²) < 4.78 is 51.7. The van der Waals surface area contributed by atoms with Crippen molar-refractivity contribution in [3.8, 4) is 11.4 Å². The van der Waals surface area contributed by atoms with Crippen molar-refractivity contribution in [2.24, 2.45) is 0 Å². The van der Waals surface area contributed by atoms with E-state index in [1.165, 1.54) is 12.1 Å². The average molecular weight is 354 g/mol. The number of halogens is 5. The van der Waals surface area contributed by atoms with Crippen molar-refractivity contribution in [1.29, 1.82) is 0 Å². The third kappa shape index (κ3) is 2.89. The number of nitrogens with two attached hydrogens (primary N) is 1. The van der Waals surface area contributed by atoms with Gasteiger partial charge < -0.3 is 5.73 Å². The minimum Gasteiger partial charge on any atom is -0.398 e. The van der Waals surface area contributed by atoms with Gasteiger partial charge in [0.2, 0.25) is 0 Å². The summed E-state index contributed by atoms with van der Waals surface area (Å²) in [5, 5.41) is 10.1. The third-order valence-electron chi connectivity index (χ3n) is 2.47. The number of alkyl halides is 4. The largest absolute Gasteiger partial charge is 0.398 e. The maximum atomic E-state index is 13.1. The van der Waals surface area contributed by atoms with Gasteiger partial charge in [-0.15, -0.1) is 5.10 Å². The second-order valence-electron chi connectivity index (χ2n) is 3.96. The summed E-state index contributed by atoms with van der Waals surface area (Å²) in [6.07, 6.45) is -3.80. The summed E-state index contributed by atoms with van der Waals surface area (Å²) in [5.74, 6) is -4.28. The second kappa shape index (κ2) is 5.35. The molecule has 0 saturated carbocycles. The van der Waals surface area contributed by atoms with Gasteiger partial charge in [0.25, 0.3) is 0 Å². The summed E-state index contributed by atoms with van der Waals surface area (Å²) in [5.41, 5.74) is 6.35. The average Bonchev–Trinajstić information content (AvgIpc) is 2.80. The lowest BCUT2D eigenvalue weighted by Crippen LogP contribution is -2.32. The molecule has 0 fully saturated rings. The summed E-state index contributed by atoms with van der Waals surface area (Å²) >= 11 is 3.18. The molecule has 0 aliphatic heterocycles. The highest BCUT2D eigenvalue weighted by molar-refractivity contribution is 9.10. The SMILES string of the molecule is Nc1cc(-c2nnnn2CC(F)(F)C(F)F)ccc1Br. The highest BCUT2D eigenvalue weighted by atomic mass is 79.9. The van der Waals surface area contributed by atoms with Gasteiger partial charge in [0.05, 0.1) is 0 Å². The Morgan fingerprint density at radius 2 is 2.05 bits per heavy atom. The Morgan fingerprint density at radius 1 is 1.35 bits per heavy atom. The molecule has 0 aliphatic carbocycles. The maximum absolute atomic E-state index is 13.1. The first-order valence-electron chi connectivity index (χ1n) is 5.29. The molecule has 5 nitrogen and oxygen atoms in total. The standard InChI is InChI=1S/C10H8BrF4N5/c11-6-2-1-5(3-7(6)16)8-17-18-19-20(8)4-10(14,15)9(12)13/h1-3,9H,4,16H2. The molecular weight excluding hydrogens is 346 g/mol. The molecule has 0 amide bonds. The van der Waals surface area contributed by atoms with Crippen LogP contribution in [0.5, 0.6) is 0 Å². The third-order valence-corrected chi connectivity index (χ3v) is 3.19. The van der Waals surface area contributed by atoms with Crippen LogP contribution in [-0.2, 0) is 6.54 Å². The van der Waals surface area contributed by atoms with E-state index < -0.39 is 18.9 Å². The fourth-order valence-corrected chi connectivity index (χ4v) is 1.72. The Kier molecular flexibility index (Phi) is 3.93. The molecule has 0 unspecified atom stereocenters. The molecule has 0 saturated heterocycles. The molecular formula is C10H8BrF4N5. The summed E-state index contributed by atoms with van der Waals surface area (Å²) in [4.78, 5) is 0. The molecule has 0 radical (unpaired) electrons. The van der Waals surface area contributed by atoms with E-state index in [2.05, 4.69) is 31.5 Å². The van der Waals surface area contributed by atoms with E-state index in [4.69, 9.17) is 5.73 Å². The number of aromatic nitrogens is 4. The summed E-state index contributed by atoms with van der Waals surface area (Å²) in [6.45, 7) is -1.32. The van der Waals surface area contributed by atoms with Crippen molar-refractivity contribution in [1.82, 2.24) is 20.2 Å². The van der Waals surface area contributed by atoms with Gasteiger partial charge >= 0.3 is 12.3 Å². The lowest BCUT2D eigenvalue weighted by molar-refractivity contribution is -0.139. The molecule has 2 rings (SSSR count). The zero-order valence-electron chi connectivity index (χ0n) is 9.77. The Bertz CT molecular complexity index is 615. The summed E-state index contributed by atoms with van der Waals surface area (Å²) in [6, 6.07) is 4.56. The van der Waals surface area contributed by atoms with Gasteiger partial charge in [-0.3, -0.25) is 0 Å². The number of anilines is 1. The van der Waals surface area contributed by atoms with Gasteiger partial charge in [-0.1, -0.05) is 0 Å². The fraction of sp³-hybridized carbons (Fsp3) is 0.300. The molecule has 0 bridgehead atoms. The molecule has 108 valence electrons. The monoisotopic (exact) mass is 353 g/mol. The zero-order chi connectivity index (χ0) is 14.9. The van der Waals surface area contributed by atoms with E-state index in [9.17, 15) is 17.6 Å². The van der Waals surface area contributed by atoms with Crippen molar-refractivity contribution in [2.45, 2.75) is 18.9 Å². The molecule has 2 N–H and O–H groups in total. The number of nitrogens with zero attached hydrogens (tertiary/aromatic N) is 4. The first-order chi connectivity index (χ1) is 9.31. The van der Waals surface area contributed by atoms with Crippen molar-refractivity contribution in [3.05, 3.63) is 22.7 Å². The predicted molar refractivity (Wildman–Crippen MR) is 66.3 cm³/mol. The molecule has 0 atom stereocenters. The normalized spacial score (nSPS) is 12.1. The smallest absolute Gasteiger partial charge is 0.326 e. The van der Waals surface area contributed by atoms with Crippen LogP contribution in [0.15, 0.2) is 22.7 Å². The minimum atomic E-state index is -4.22. The molecule has 0 spiro atoms. The number of hydrogen-bond acceptors (Lipinski definition) is 4. The van der Waals surface area contributed by atoms with E-state index in [1.807, 2.05) is 0 Å². The van der Waals surface area contributed by atoms with Gasteiger partial charge in [0.15, 0.2) is 5.82 Å². The van der Waals surface area contributed by atoms with E-state index in [1.54, 1.807) is 6.07 Å². The van der Waals surface area contributed by atoms with Crippen molar-refractivity contribution >= 4 is 21.6 Å². The van der Waals surface area contributed by atoms with Gasteiger partial charge in [0, 0.05) is 15.7 Å². The van der Waals surface area contributed by atoms with E-state index in [0.717, 1.165) is 0 Å². The zero-order valence-corrected chi connectivity index (χ0v) is 11.4. The number of nitrogen functional groups attached to an aromatic ring is 1. The Labute approximate surface area is 118 Å². The van der Waals surface area contributed by atoms with Gasteiger partial charge in [-0.2, -0.15) is 8.78 Å². The highest BCUT2D eigenvalue weighted by Gasteiger charge is 2.42. The van der Waals surface area contributed by atoms with E-state index in [0.29, 0.717) is 20.4 Å². The maximum Gasteiger partial charge on any atom is 0.326 e. The van der Waals surface area contributed by atoms with Crippen LogP contribution >= 0.6 is 15.9 Å². The van der Waals surface area contributed by atoms with Crippen molar-refractivity contribution in [3.63, 3.8) is 0 Å². The molecule has 1 aromatic heterocycles. The Balaban J connectivity index is 2.35. The van der Waals surface area contributed by atoms with Crippen LogP contribution in [-0.4, -0.2) is 32.6 Å². The van der Waals surface area contributed by atoms with Gasteiger partial charge in [-0.05, 0) is 44.6 Å². The lowest BCUT2D eigenvalue weighted by atomic mass is 10.2. The van der Waals surface area contributed by atoms with E-state index >= 15 is 0 Å². The van der Waals surface area contributed by atoms with Crippen LogP contribution < -0.4 is 5.73 Å². The van der Waals surface area contributed by atoms with Crippen LogP contribution in [0.3, 0.4) is 0 Å². The molecule has 20 heavy (non-hydrogen) atoms. The molecule has 2 aromatic rings. The van der Waals surface area contributed by atoms with Gasteiger partial charge in [0.1, 0.15) is 6.54 Å². The lowest BCUT2D eigenvalue weighted by Gasteiger charge is -2.15. The fourth-order valence-electron chi connectivity index (χ4n) is 1.47. The topological polar surface area (TPSA) is 69.6 Å².